The van der Waals surface area contributed by atoms with Crippen molar-refractivity contribution in [1.29, 1.82) is 0 Å². The highest BCUT2D eigenvalue weighted by molar-refractivity contribution is 5.88. The number of hydrogen-bond acceptors (Lipinski definition) is 7. The zero-order valence-electron chi connectivity index (χ0n) is 19.7. The number of hydrogen-bond donors (Lipinski definition) is 2. The molecule has 0 aliphatic carbocycles. The largest absolute Gasteiger partial charge is 0.459 e. The first-order valence-corrected chi connectivity index (χ1v) is 11.0. The number of nitrogens with one attached hydrogen (secondary N) is 1. The fraction of sp³-hybridized carbons (Fsp3) is 0.864. The van der Waals surface area contributed by atoms with Crippen molar-refractivity contribution in [3.8, 4) is 0 Å². The van der Waals surface area contributed by atoms with Gasteiger partial charge in [0.2, 0.25) is 5.91 Å². The van der Waals surface area contributed by atoms with Gasteiger partial charge in [-0.15, -0.1) is 0 Å². The maximum Gasteiger partial charge on any atom is 0.329 e. The number of carbonyl (C=O) groups is 3. The lowest BCUT2D eigenvalue weighted by Gasteiger charge is -2.31. The van der Waals surface area contributed by atoms with E-state index in [2.05, 4.69) is 5.32 Å². The van der Waals surface area contributed by atoms with Crippen molar-refractivity contribution in [2.75, 3.05) is 13.1 Å². The van der Waals surface area contributed by atoms with Crippen molar-refractivity contribution >= 4 is 17.8 Å². The molecular weight excluding hydrogens is 386 g/mol. The normalized spacial score (nSPS) is 19.3. The molecule has 8 heteroatoms. The van der Waals surface area contributed by atoms with Gasteiger partial charge in [0.25, 0.3) is 0 Å². The lowest BCUT2D eigenvalue weighted by Crippen LogP contribution is -2.54. The summed E-state index contributed by atoms with van der Waals surface area (Å²) in [5, 5.41) is 3.12. The van der Waals surface area contributed by atoms with Crippen LogP contribution in [0.5, 0.6) is 0 Å². The number of carbonyl (C=O) groups excluding carboxylic acids is 3. The lowest BCUT2D eigenvalue weighted by molar-refractivity contribution is -0.164. The minimum absolute atomic E-state index is 0.212. The van der Waals surface area contributed by atoms with Gasteiger partial charge in [0.05, 0.1) is 6.04 Å². The van der Waals surface area contributed by atoms with E-state index in [0.717, 1.165) is 19.3 Å². The van der Waals surface area contributed by atoms with Crippen molar-refractivity contribution in [3.63, 3.8) is 0 Å². The Hall–Kier alpha value is -1.67. The van der Waals surface area contributed by atoms with Crippen molar-refractivity contribution in [3.05, 3.63) is 0 Å². The average molecular weight is 428 g/mol. The summed E-state index contributed by atoms with van der Waals surface area (Å²) in [5.74, 6) is -0.979. The molecule has 1 heterocycles. The van der Waals surface area contributed by atoms with Crippen LogP contribution in [0.15, 0.2) is 0 Å². The van der Waals surface area contributed by atoms with Gasteiger partial charge in [-0.3, -0.25) is 14.9 Å². The second-order valence-electron chi connectivity index (χ2n) is 9.98. The minimum atomic E-state index is -0.636. The van der Waals surface area contributed by atoms with Crippen LogP contribution in [-0.4, -0.2) is 65.2 Å². The zero-order chi connectivity index (χ0) is 23.1. The molecule has 0 aromatic heterocycles. The Bertz CT molecular complexity index is 595. The fourth-order valence-electron chi connectivity index (χ4n) is 3.40. The Morgan fingerprint density at radius 2 is 1.67 bits per heavy atom. The molecule has 1 fully saturated rings. The summed E-state index contributed by atoms with van der Waals surface area (Å²) in [5.41, 5.74) is 4.35. The van der Waals surface area contributed by atoms with Crippen molar-refractivity contribution < 1.29 is 23.9 Å². The number of nitrogens with two attached hydrogens (primary N) is 1. The predicted molar refractivity (Wildman–Crippen MR) is 116 cm³/mol. The van der Waals surface area contributed by atoms with E-state index in [-0.39, 0.29) is 17.8 Å². The second kappa shape index (κ2) is 11.1. The van der Waals surface area contributed by atoms with Gasteiger partial charge in [0.15, 0.2) is 0 Å². The highest BCUT2D eigenvalue weighted by Crippen LogP contribution is 2.22. The monoisotopic (exact) mass is 427 g/mol. The molecule has 0 spiro atoms. The molecule has 30 heavy (non-hydrogen) atoms. The van der Waals surface area contributed by atoms with E-state index >= 15 is 0 Å². The Labute approximate surface area is 181 Å². The fourth-order valence-corrected chi connectivity index (χ4v) is 3.40. The van der Waals surface area contributed by atoms with Crippen LogP contribution in [0.25, 0.3) is 0 Å². The van der Waals surface area contributed by atoms with Crippen molar-refractivity contribution in [2.45, 2.75) is 110 Å². The number of rotatable bonds is 9. The molecule has 0 saturated carbocycles. The van der Waals surface area contributed by atoms with E-state index in [4.69, 9.17) is 15.2 Å². The first-order valence-electron chi connectivity index (χ1n) is 11.0. The molecule has 1 saturated heterocycles. The Balaban J connectivity index is 2.83. The third kappa shape index (κ3) is 9.00. The van der Waals surface area contributed by atoms with E-state index in [1.807, 2.05) is 41.5 Å². The summed E-state index contributed by atoms with van der Waals surface area (Å²) < 4.78 is 11.0. The summed E-state index contributed by atoms with van der Waals surface area (Å²) >= 11 is 0. The molecule has 3 N–H and O–H groups in total. The quantitative estimate of drug-likeness (QED) is 0.428. The summed E-state index contributed by atoms with van der Waals surface area (Å²) in [6, 6.07) is -1.83. The molecule has 1 rings (SSSR count). The first kappa shape index (κ1) is 26.4. The van der Waals surface area contributed by atoms with Crippen LogP contribution in [0.1, 0.15) is 80.6 Å². The van der Waals surface area contributed by atoms with Crippen LogP contribution in [0.4, 0.5) is 0 Å². The zero-order valence-corrected chi connectivity index (χ0v) is 19.7. The van der Waals surface area contributed by atoms with Crippen molar-refractivity contribution in [2.24, 2.45) is 5.73 Å². The van der Waals surface area contributed by atoms with Crippen LogP contribution in [-0.2, 0) is 23.9 Å². The van der Waals surface area contributed by atoms with Gasteiger partial charge in [-0.05, 0) is 80.7 Å². The molecule has 174 valence electrons. The van der Waals surface area contributed by atoms with Gasteiger partial charge < -0.3 is 20.1 Å². The Kier molecular flexibility index (Phi) is 9.75. The molecule has 0 unspecified atom stereocenters. The molecule has 1 amide bonds. The number of amides is 1. The molecule has 1 aliphatic rings. The minimum Gasteiger partial charge on any atom is -0.459 e. The van der Waals surface area contributed by atoms with Gasteiger partial charge in [-0.25, -0.2) is 4.79 Å². The van der Waals surface area contributed by atoms with E-state index in [1.54, 1.807) is 11.8 Å². The van der Waals surface area contributed by atoms with Crippen LogP contribution < -0.4 is 11.1 Å². The SMILES string of the molecule is C[C@H](N[C@@H](CCCCN)C(=O)OC(C)(C)C)C(=O)N1CCC[C@H]1C(=O)OC(C)(C)C. The Morgan fingerprint density at radius 1 is 1.07 bits per heavy atom. The van der Waals surface area contributed by atoms with Gasteiger partial charge in [-0.2, -0.15) is 0 Å². The van der Waals surface area contributed by atoms with Gasteiger partial charge in [0, 0.05) is 6.54 Å². The van der Waals surface area contributed by atoms with E-state index < -0.39 is 29.3 Å². The highest BCUT2D eigenvalue weighted by Gasteiger charge is 2.39. The summed E-state index contributed by atoms with van der Waals surface area (Å²) in [7, 11) is 0. The maximum atomic E-state index is 13.1. The molecular formula is C22H41N3O5. The van der Waals surface area contributed by atoms with Crippen LogP contribution in [0, 0.1) is 0 Å². The number of ether oxygens (including phenoxy) is 2. The van der Waals surface area contributed by atoms with Gasteiger partial charge in [-0.1, -0.05) is 6.42 Å². The number of likely N-dealkylation sites (tertiary alicyclic amines) is 1. The third-order valence-corrected chi connectivity index (χ3v) is 4.67. The molecule has 3 atom stereocenters. The maximum absolute atomic E-state index is 13.1. The highest BCUT2D eigenvalue weighted by atomic mass is 16.6. The summed E-state index contributed by atoms with van der Waals surface area (Å²) in [6.07, 6.45) is 3.39. The Morgan fingerprint density at radius 3 is 2.20 bits per heavy atom. The van der Waals surface area contributed by atoms with Gasteiger partial charge in [0.1, 0.15) is 23.3 Å². The summed E-state index contributed by atoms with van der Waals surface area (Å²) in [6.45, 7) is 13.6. The number of nitrogens with zero attached hydrogens (tertiary/aromatic N) is 1. The van der Waals surface area contributed by atoms with Gasteiger partial charge >= 0.3 is 11.9 Å². The van der Waals surface area contributed by atoms with E-state index in [9.17, 15) is 14.4 Å². The standard InChI is InChI=1S/C22H41N3O5/c1-15(24-16(11-8-9-13-23)19(27)29-21(2,3)4)18(26)25-14-10-12-17(25)20(28)30-22(5,6)7/h15-17,24H,8-14,23H2,1-7H3/t15-,16-,17-/m0/s1. The molecule has 0 aromatic carbocycles. The van der Waals surface area contributed by atoms with Crippen LogP contribution in [0.2, 0.25) is 0 Å². The van der Waals surface area contributed by atoms with Crippen LogP contribution >= 0.6 is 0 Å². The molecule has 0 radical (unpaired) electrons. The molecule has 0 bridgehead atoms. The average Bonchev–Trinajstić information content (AvgIpc) is 3.07. The second-order valence-corrected chi connectivity index (χ2v) is 9.98. The molecule has 8 nitrogen and oxygen atoms in total. The molecule has 0 aromatic rings. The lowest BCUT2D eigenvalue weighted by atomic mass is 10.1. The first-order chi connectivity index (χ1) is 13.7. The van der Waals surface area contributed by atoms with E-state index in [0.29, 0.717) is 25.9 Å². The number of unbranched alkanes of at least 4 members (excludes halogenated alkanes) is 1. The molecule has 1 aliphatic heterocycles. The predicted octanol–water partition coefficient (Wildman–Crippen LogP) is 2.14. The van der Waals surface area contributed by atoms with Crippen LogP contribution in [0.3, 0.4) is 0 Å². The topological polar surface area (TPSA) is 111 Å². The third-order valence-electron chi connectivity index (χ3n) is 4.67. The number of esters is 2. The smallest absolute Gasteiger partial charge is 0.329 e. The van der Waals surface area contributed by atoms with Crippen molar-refractivity contribution in [1.82, 2.24) is 10.2 Å². The summed E-state index contributed by atoms with van der Waals surface area (Å²) in [4.78, 5) is 39.8. The van der Waals surface area contributed by atoms with E-state index in [1.165, 1.54) is 0 Å².